The summed E-state index contributed by atoms with van der Waals surface area (Å²) in [6.45, 7) is 6.82. The summed E-state index contributed by atoms with van der Waals surface area (Å²) in [6.07, 6.45) is 0. The zero-order chi connectivity index (χ0) is 10.9. The molecule has 1 aliphatic rings. The van der Waals surface area contributed by atoms with E-state index in [9.17, 15) is 0 Å². The Labute approximate surface area is 95.8 Å². The van der Waals surface area contributed by atoms with Gasteiger partial charge in [-0.15, -0.1) is 0 Å². The van der Waals surface area contributed by atoms with Crippen LogP contribution >= 0.6 is 11.8 Å². The van der Waals surface area contributed by atoms with Crippen molar-refractivity contribution in [2.75, 3.05) is 29.5 Å². The molecular formula is C12H18N2S. The number of thioether (sulfide) groups is 1. The topological polar surface area (TPSA) is 29.3 Å². The molecule has 0 aliphatic carbocycles. The Bertz CT molecular complexity index is 349. The lowest BCUT2D eigenvalue weighted by atomic mass is 10.1. The average Bonchev–Trinajstić information content (AvgIpc) is 2.16. The van der Waals surface area contributed by atoms with Gasteiger partial charge in [-0.3, -0.25) is 0 Å². The summed E-state index contributed by atoms with van der Waals surface area (Å²) >= 11 is 2.05. The van der Waals surface area contributed by atoms with Crippen LogP contribution < -0.4 is 10.6 Å². The van der Waals surface area contributed by atoms with Gasteiger partial charge in [-0.2, -0.15) is 11.8 Å². The van der Waals surface area contributed by atoms with E-state index in [1.807, 2.05) is 12.1 Å². The molecule has 0 spiro atoms. The van der Waals surface area contributed by atoms with Crippen LogP contribution in [0, 0.1) is 0 Å². The summed E-state index contributed by atoms with van der Waals surface area (Å²) in [5.74, 6) is 1.20. The van der Waals surface area contributed by atoms with E-state index in [0.717, 1.165) is 18.8 Å². The summed E-state index contributed by atoms with van der Waals surface area (Å²) in [5.41, 5.74) is 7.90. The highest BCUT2D eigenvalue weighted by Crippen LogP contribution is 2.32. The first-order valence-corrected chi connectivity index (χ1v) is 6.30. The van der Waals surface area contributed by atoms with Crippen molar-refractivity contribution in [3.05, 3.63) is 24.3 Å². The summed E-state index contributed by atoms with van der Waals surface area (Å²) in [5, 5.41) is 0. The Morgan fingerprint density at radius 3 is 2.87 bits per heavy atom. The van der Waals surface area contributed by atoms with Crippen LogP contribution in [0.1, 0.15) is 13.8 Å². The Morgan fingerprint density at radius 2 is 2.20 bits per heavy atom. The van der Waals surface area contributed by atoms with Gasteiger partial charge in [0.05, 0.1) is 0 Å². The molecule has 1 heterocycles. The lowest BCUT2D eigenvalue weighted by molar-refractivity contribution is 0.648. The number of hydrogen-bond donors (Lipinski definition) is 1. The van der Waals surface area contributed by atoms with E-state index in [4.69, 9.17) is 5.73 Å². The lowest BCUT2D eigenvalue weighted by Crippen LogP contribution is -2.43. The van der Waals surface area contributed by atoms with E-state index in [2.05, 4.69) is 42.6 Å². The van der Waals surface area contributed by atoms with E-state index < -0.39 is 0 Å². The van der Waals surface area contributed by atoms with Crippen LogP contribution in [-0.4, -0.2) is 23.6 Å². The van der Waals surface area contributed by atoms with Crippen molar-refractivity contribution in [1.29, 1.82) is 0 Å². The number of nitrogen functional groups attached to an aromatic ring is 1. The molecule has 3 heteroatoms. The molecule has 0 aromatic heterocycles. The lowest BCUT2D eigenvalue weighted by Gasteiger charge is -2.39. The Hall–Kier alpha value is -0.830. The first-order chi connectivity index (χ1) is 7.07. The molecule has 0 atom stereocenters. The second-order valence-corrected chi connectivity index (χ2v) is 6.43. The van der Waals surface area contributed by atoms with E-state index >= 15 is 0 Å². The smallest absolute Gasteiger partial charge is 0.0387 e. The molecule has 0 amide bonds. The van der Waals surface area contributed by atoms with E-state index in [1.165, 1.54) is 11.4 Å². The number of benzene rings is 1. The van der Waals surface area contributed by atoms with Crippen molar-refractivity contribution >= 4 is 23.1 Å². The molecule has 82 valence electrons. The molecule has 0 saturated carbocycles. The fraction of sp³-hybridized carbons (Fsp3) is 0.500. The summed E-state index contributed by atoms with van der Waals surface area (Å²) in [7, 11) is 0. The van der Waals surface area contributed by atoms with Crippen LogP contribution in [0.5, 0.6) is 0 Å². The van der Waals surface area contributed by atoms with E-state index in [1.54, 1.807) is 0 Å². The highest BCUT2D eigenvalue weighted by atomic mass is 32.2. The van der Waals surface area contributed by atoms with Crippen molar-refractivity contribution in [3.63, 3.8) is 0 Å². The third-order valence-corrected chi connectivity index (χ3v) is 3.96. The molecule has 1 aliphatic heterocycles. The zero-order valence-corrected chi connectivity index (χ0v) is 10.2. The number of nitrogens with two attached hydrogens (primary N) is 1. The van der Waals surface area contributed by atoms with Gasteiger partial charge in [0, 0.05) is 35.0 Å². The normalized spacial score (nSPS) is 20.3. The van der Waals surface area contributed by atoms with Crippen molar-refractivity contribution in [1.82, 2.24) is 0 Å². The van der Waals surface area contributed by atoms with Gasteiger partial charge in [0.25, 0.3) is 0 Å². The number of nitrogens with zero attached hydrogens (tertiary/aromatic N) is 1. The highest BCUT2D eigenvalue weighted by molar-refractivity contribution is 8.00. The number of anilines is 2. The van der Waals surface area contributed by atoms with Crippen molar-refractivity contribution in [2.24, 2.45) is 0 Å². The third-order valence-electron chi connectivity index (χ3n) is 2.66. The van der Waals surface area contributed by atoms with Crippen molar-refractivity contribution in [3.8, 4) is 0 Å². The number of hydrogen-bond acceptors (Lipinski definition) is 3. The van der Waals surface area contributed by atoms with Crippen LogP contribution in [0.4, 0.5) is 11.4 Å². The molecule has 0 unspecified atom stereocenters. The van der Waals surface area contributed by atoms with Crippen molar-refractivity contribution in [2.45, 2.75) is 18.6 Å². The average molecular weight is 222 g/mol. The first kappa shape index (κ1) is 10.7. The minimum Gasteiger partial charge on any atom is -0.399 e. The van der Waals surface area contributed by atoms with Gasteiger partial charge >= 0.3 is 0 Å². The molecule has 1 saturated heterocycles. The van der Waals surface area contributed by atoms with Crippen molar-refractivity contribution < 1.29 is 0 Å². The van der Waals surface area contributed by atoms with E-state index in [0.29, 0.717) is 4.75 Å². The SMILES string of the molecule is CC1(C)CN(c2cccc(N)c2)CCS1. The Balaban J connectivity index is 2.17. The number of rotatable bonds is 1. The minimum absolute atomic E-state index is 0.350. The standard InChI is InChI=1S/C12H18N2S/c1-12(2)9-14(6-7-15-12)11-5-3-4-10(13)8-11/h3-5,8H,6-7,9,13H2,1-2H3. The van der Waals surface area contributed by atoms with Gasteiger partial charge in [0.2, 0.25) is 0 Å². The van der Waals surface area contributed by atoms with E-state index in [-0.39, 0.29) is 0 Å². The molecule has 1 aromatic rings. The Kier molecular flexibility index (Phi) is 2.83. The molecule has 2 nitrogen and oxygen atoms in total. The molecule has 2 rings (SSSR count). The second-order valence-electron chi connectivity index (χ2n) is 4.62. The summed E-state index contributed by atoms with van der Waals surface area (Å²) < 4.78 is 0.350. The molecule has 15 heavy (non-hydrogen) atoms. The maximum Gasteiger partial charge on any atom is 0.0387 e. The molecule has 1 aromatic carbocycles. The van der Waals surface area contributed by atoms with Gasteiger partial charge in [-0.1, -0.05) is 6.07 Å². The van der Waals surface area contributed by atoms with Crippen LogP contribution in [0.15, 0.2) is 24.3 Å². The molecule has 1 fully saturated rings. The van der Waals surface area contributed by atoms with Crippen LogP contribution in [0.25, 0.3) is 0 Å². The van der Waals surface area contributed by atoms with Gasteiger partial charge in [0.15, 0.2) is 0 Å². The van der Waals surface area contributed by atoms with Crippen LogP contribution in [-0.2, 0) is 0 Å². The zero-order valence-electron chi connectivity index (χ0n) is 9.36. The fourth-order valence-electron chi connectivity index (χ4n) is 1.96. The monoisotopic (exact) mass is 222 g/mol. The Morgan fingerprint density at radius 1 is 1.40 bits per heavy atom. The second kappa shape index (κ2) is 3.97. The predicted molar refractivity (Wildman–Crippen MR) is 69.6 cm³/mol. The maximum atomic E-state index is 5.80. The molecule has 2 N–H and O–H groups in total. The molecule has 0 bridgehead atoms. The largest absolute Gasteiger partial charge is 0.399 e. The highest BCUT2D eigenvalue weighted by Gasteiger charge is 2.26. The molecule has 0 radical (unpaired) electrons. The van der Waals surface area contributed by atoms with Crippen LogP contribution in [0.3, 0.4) is 0 Å². The minimum atomic E-state index is 0.350. The maximum absolute atomic E-state index is 5.80. The van der Waals surface area contributed by atoms with Gasteiger partial charge in [-0.25, -0.2) is 0 Å². The summed E-state index contributed by atoms with van der Waals surface area (Å²) in [6, 6.07) is 8.17. The first-order valence-electron chi connectivity index (χ1n) is 5.31. The fourth-order valence-corrected chi connectivity index (χ4v) is 3.07. The quantitative estimate of drug-likeness (QED) is 0.741. The van der Waals surface area contributed by atoms with Gasteiger partial charge in [-0.05, 0) is 32.0 Å². The van der Waals surface area contributed by atoms with Crippen LogP contribution in [0.2, 0.25) is 0 Å². The van der Waals surface area contributed by atoms with Gasteiger partial charge < -0.3 is 10.6 Å². The molecular weight excluding hydrogens is 204 g/mol. The third kappa shape index (κ3) is 2.59. The summed E-state index contributed by atoms with van der Waals surface area (Å²) in [4.78, 5) is 2.42. The van der Waals surface area contributed by atoms with Gasteiger partial charge in [0.1, 0.15) is 0 Å². The predicted octanol–water partition coefficient (Wildman–Crippen LogP) is 2.60.